The molecule has 0 aromatic rings. The van der Waals surface area contributed by atoms with Crippen molar-refractivity contribution in [2.45, 2.75) is 19.8 Å². The predicted molar refractivity (Wildman–Crippen MR) is 61.9 cm³/mol. The standard InChI is InChI=1S/C12H24N2O/c1-2-13-5-3-11(7-13)8-14-6-4-12(9-14)10-15/h11-12,15H,2-10H2,1H3. The van der Waals surface area contributed by atoms with Gasteiger partial charge in [0.1, 0.15) is 0 Å². The highest BCUT2D eigenvalue weighted by Gasteiger charge is 2.27. The Morgan fingerprint density at radius 3 is 2.33 bits per heavy atom. The summed E-state index contributed by atoms with van der Waals surface area (Å²) in [7, 11) is 0. The van der Waals surface area contributed by atoms with Crippen LogP contribution in [0.2, 0.25) is 0 Å². The molecule has 2 unspecified atom stereocenters. The molecular formula is C12H24N2O. The van der Waals surface area contributed by atoms with E-state index in [1.54, 1.807) is 0 Å². The molecule has 0 spiro atoms. The van der Waals surface area contributed by atoms with Gasteiger partial charge in [0.2, 0.25) is 0 Å². The lowest BCUT2D eigenvalue weighted by Crippen LogP contribution is -2.30. The fraction of sp³-hybridized carbons (Fsp3) is 1.00. The van der Waals surface area contributed by atoms with Crippen molar-refractivity contribution in [2.24, 2.45) is 11.8 Å². The molecule has 15 heavy (non-hydrogen) atoms. The van der Waals surface area contributed by atoms with Crippen molar-refractivity contribution in [1.82, 2.24) is 9.80 Å². The van der Waals surface area contributed by atoms with Crippen molar-refractivity contribution < 1.29 is 5.11 Å². The predicted octanol–water partition coefficient (Wildman–Crippen LogP) is 0.642. The van der Waals surface area contributed by atoms with E-state index in [0.29, 0.717) is 12.5 Å². The lowest BCUT2D eigenvalue weighted by atomic mass is 10.1. The summed E-state index contributed by atoms with van der Waals surface area (Å²) < 4.78 is 0. The Bertz CT molecular complexity index is 178. The molecule has 2 aliphatic rings. The first-order chi connectivity index (χ1) is 7.31. The lowest BCUT2D eigenvalue weighted by Gasteiger charge is -2.20. The molecule has 0 radical (unpaired) electrons. The Kier molecular flexibility index (Phi) is 4.00. The van der Waals surface area contributed by atoms with Gasteiger partial charge in [-0.3, -0.25) is 0 Å². The number of aliphatic hydroxyl groups excluding tert-OH is 1. The molecule has 1 N–H and O–H groups in total. The molecule has 3 heteroatoms. The average Bonchev–Trinajstić information content (AvgIpc) is 2.87. The van der Waals surface area contributed by atoms with Crippen LogP contribution in [0.1, 0.15) is 19.8 Å². The smallest absolute Gasteiger partial charge is 0.0471 e. The van der Waals surface area contributed by atoms with Gasteiger partial charge in [-0.2, -0.15) is 0 Å². The van der Waals surface area contributed by atoms with E-state index in [4.69, 9.17) is 5.11 Å². The van der Waals surface area contributed by atoms with Gasteiger partial charge in [0.15, 0.2) is 0 Å². The van der Waals surface area contributed by atoms with Gasteiger partial charge in [-0.25, -0.2) is 0 Å². The lowest BCUT2D eigenvalue weighted by molar-refractivity contribution is 0.212. The van der Waals surface area contributed by atoms with Gasteiger partial charge in [-0.05, 0) is 44.3 Å². The van der Waals surface area contributed by atoms with E-state index in [9.17, 15) is 0 Å². The SMILES string of the molecule is CCN1CCC(CN2CCC(CO)C2)C1. The molecule has 0 aliphatic carbocycles. The summed E-state index contributed by atoms with van der Waals surface area (Å²) in [6.07, 6.45) is 2.56. The minimum absolute atomic E-state index is 0.377. The Hall–Kier alpha value is -0.120. The van der Waals surface area contributed by atoms with E-state index in [0.717, 1.165) is 12.5 Å². The van der Waals surface area contributed by atoms with Gasteiger partial charge in [0.05, 0.1) is 0 Å². The highest BCUT2D eigenvalue weighted by atomic mass is 16.3. The fourth-order valence-corrected chi connectivity index (χ4v) is 2.94. The van der Waals surface area contributed by atoms with Crippen LogP contribution in [0.4, 0.5) is 0 Å². The number of rotatable bonds is 4. The number of hydrogen-bond acceptors (Lipinski definition) is 3. The monoisotopic (exact) mass is 212 g/mol. The van der Waals surface area contributed by atoms with E-state index < -0.39 is 0 Å². The zero-order chi connectivity index (χ0) is 10.7. The molecule has 2 atom stereocenters. The van der Waals surface area contributed by atoms with Crippen molar-refractivity contribution in [1.29, 1.82) is 0 Å². The Morgan fingerprint density at radius 1 is 1.07 bits per heavy atom. The molecule has 3 nitrogen and oxygen atoms in total. The van der Waals surface area contributed by atoms with Crippen molar-refractivity contribution >= 4 is 0 Å². The van der Waals surface area contributed by atoms with Crippen LogP contribution in [-0.2, 0) is 0 Å². The Balaban J connectivity index is 1.70. The zero-order valence-corrected chi connectivity index (χ0v) is 9.86. The normalized spacial score (nSPS) is 34.0. The minimum Gasteiger partial charge on any atom is -0.396 e. The van der Waals surface area contributed by atoms with Gasteiger partial charge in [-0.1, -0.05) is 6.92 Å². The van der Waals surface area contributed by atoms with Crippen LogP contribution in [0.15, 0.2) is 0 Å². The summed E-state index contributed by atoms with van der Waals surface area (Å²) in [5, 5.41) is 9.09. The van der Waals surface area contributed by atoms with Crippen LogP contribution in [-0.4, -0.2) is 60.8 Å². The second-order valence-electron chi connectivity index (χ2n) is 5.14. The third-order valence-electron chi connectivity index (χ3n) is 3.96. The molecule has 2 rings (SSSR count). The van der Waals surface area contributed by atoms with Crippen LogP contribution in [0.5, 0.6) is 0 Å². The van der Waals surface area contributed by atoms with Gasteiger partial charge in [0.25, 0.3) is 0 Å². The van der Waals surface area contributed by atoms with Gasteiger partial charge < -0.3 is 14.9 Å². The van der Waals surface area contributed by atoms with Crippen LogP contribution >= 0.6 is 0 Å². The minimum atomic E-state index is 0.377. The molecule has 0 aromatic carbocycles. The fourth-order valence-electron chi connectivity index (χ4n) is 2.94. The van der Waals surface area contributed by atoms with E-state index in [1.165, 1.54) is 45.6 Å². The van der Waals surface area contributed by atoms with Crippen LogP contribution in [0.3, 0.4) is 0 Å². The molecule has 0 aromatic heterocycles. The largest absolute Gasteiger partial charge is 0.396 e. The summed E-state index contributed by atoms with van der Waals surface area (Å²) in [4.78, 5) is 5.09. The number of aliphatic hydroxyl groups is 1. The maximum absolute atomic E-state index is 9.09. The summed E-state index contributed by atoms with van der Waals surface area (Å²) in [5.74, 6) is 1.43. The van der Waals surface area contributed by atoms with Crippen LogP contribution in [0, 0.1) is 11.8 Å². The van der Waals surface area contributed by atoms with Crippen molar-refractivity contribution in [3.63, 3.8) is 0 Å². The van der Waals surface area contributed by atoms with E-state index >= 15 is 0 Å². The molecule has 0 amide bonds. The van der Waals surface area contributed by atoms with Crippen LogP contribution < -0.4 is 0 Å². The van der Waals surface area contributed by atoms with E-state index in [1.807, 2.05) is 0 Å². The van der Waals surface area contributed by atoms with Crippen molar-refractivity contribution in [2.75, 3.05) is 45.9 Å². The molecule has 2 saturated heterocycles. The second-order valence-corrected chi connectivity index (χ2v) is 5.14. The first-order valence-electron chi connectivity index (χ1n) is 6.37. The Morgan fingerprint density at radius 2 is 1.73 bits per heavy atom. The summed E-state index contributed by atoms with van der Waals surface area (Å²) in [5.41, 5.74) is 0. The molecule has 88 valence electrons. The highest BCUT2D eigenvalue weighted by molar-refractivity contribution is 4.81. The van der Waals surface area contributed by atoms with Crippen molar-refractivity contribution in [3.05, 3.63) is 0 Å². The second kappa shape index (κ2) is 5.28. The number of likely N-dealkylation sites (tertiary alicyclic amines) is 2. The first kappa shape index (κ1) is 11.4. The third kappa shape index (κ3) is 2.92. The number of nitrogens with zero attached hydrogens (tertiary/aromatic N) is 2. The summed E-state index contributed by atoms with van der Waals surface area (Å²) in [6, 6.07) is 0. The molecule has 2 aliphatic heterocycles. The van der Waals surface area contributed by atoms with E-state index in [2.05, 4.69) is 16.7 Å². The molecule has 0 bridgehead atoms. The molecule has 2 heterocycles. The average molecular weight is 212 g/mol. The maximum atomic E-state index is 9.09. The topological polar surface area (TPSA) is 26.7 Å². The molecular weight excluding hydrogens is 188 g/mol. The third-order valence-corrected chi connectivity index (χ3v) is 3.96. The highest BCUT2D eigenvalue weighted by Crippen LogP contribution is 2.21. The van der Waals surface area contributed by atoms with Crippen molar-refractivity contribution in [3.8, 4) is 0 Å². The summed E-state index contributed by atoms with van der Waals surface area (Å²) in [6.45, 7) is 9.99. The van der Waals surface area contributed by atoms with Crippen LogP contribution in [0.25, 0.3) is 0 Å². The van der Waals surface area contributed by atoms with Gasteiger partial charge >= 0.3 is 0 Å². The molecule has 0 saturated carbocycles. The zero-order valence-electron chi connectivity index (χ0n) is 9.86. The van der Waals surface area contributed by atoms with E-state index in [-0.39, 0.29) is 0 Å². The summed E-state index contributed by atoms with van der Waals surface area (Å²) >= 11 is 0. The Labute approximate surface area is 93.1 Å². The van der Waals surface area contributed by atoms with Gasteiger partial charge in [0, 0.05) is 26.2 Å². The quantitative estimate of drug-likeness (QED) is 0.741. The van der Waals surface area contributed by atoms with Gasteiger partial charge in [-0.15, -0.1) is 0 Å². The maximum Gasteiger partial charge on any atom is 0.0471 e. The first-order valence-corrected chi connectivity index (χ1v) is 6.37. The molecule has 2 fully saturated rings. The number of hydrogen-bond donors (Lipinski definition) is 1.